The second-order valence-corrected chi connectivity index (χ2v) is 6.94. The predicted octanol–water partition coefficient (Wildman–Crippen LogP) is 0.851. The number of carbonyl (C=O) groups excluding carboxylic acids is 1. The summed E-state index contributed by atoms with van der Waals surface area (Å²) in [6, 6.07) is 0. The third kappa shape index (κ3) is 5.99. The molecule has 2 heterocycles. The number of nitrogens with one attached hydrogen (secondary N) is 1. The van der Waals surface area contributed by atoms with Crippen molar-refractivity contribution in [2.45, 2.75) is 32.6 Å². The fourth-order valence-electron chi connectivity index (χ4n) is 2.76. The molecule has 10 heteroatoms. The number of anilines is 2. The summed E-state index contributed by atoms with van der Waals surface area (Å²) in [7, 11) is 0. The van der Waals surface area contributed by atoms with E-state index in [9.17, 15) is 4.79 Å². The Hall–Kier alpha value is -2.13. The van der Waals surface area contributed by atoms with Gasteiger partial charge in [0.25, 0.3) is 5.91 Å². The van der Waals surface area contributed by atoms with E-state index >= 15 is 0 Å². The molecule has 2 rings (SSSR count). The summed E-state index contributed by atoms with van der Waals surface area (Å²) in [6.07, 6.45) is 4.50. The van der Waals surface area contributed by atoms with E-state index in [1.54, 1.807) is 0 Å². The topological polar surface area (TPSA) is 149 Å². The van der Waals surface area contributed by atoms with Crippen LogP contribution in [-0.4, -0.2) is 52.9 Å². The SMILES string of the molecule is CC1CCN(CCCCN=C(N)NC(=O)c2nc(Cl)c(N)nc2N)CC1. The molecule has 1 aromatic heterocycles. The fourth-order valence-corrected chi connectivity index (χ4v) is 2.88. The van der Waals surface area contributed by atoms with Crippen molar-refractivity contribution in [3.05, 3.63) is 10.8 Å². The second-order valence-electron chi connectivity index (χ2n) is 6.59. The van der Waals surface area contributed by atoms with Crippen molar-refractivity contribution < 1.29 is 4.79 Å². The first-order chi connectivity index (χ1) is 12.4. The maximum atomic E-state index is 12.1. The summed E-state index contributed by atoms with van der Waals surface area (Å²) in [5.74, 6) is 0.0732. The highest BCUT2D eigenvalue weighted by molar-refractivity contribution is 6.31. The average molecular weight is 383 g/mol. The normalized spacial score (nSPS) is 16.6. The number of rotatable bonds is 6. The average Bonchev–Trinajstić information content (AvgIpc) is 2.59. The number of hydrogen-bond donors (Lipinski definition) is 4. The van der Waals surface area contributed by atoms with Gasteiger partial charge in [-0.25, -0.2) is 9.97 Å². The Morgan fingerprint density at radius 3 is 2.65 bits per heavy atom. The Balaban J connectivity index is 1.72. The molecule has 0 unspecified atom stereocenters. The molecule has 7 N–H and O–H groups in total. The molecule has 0 spiro atoms. The van der Waals surface area contributed by atoms with E-state index in [1.165, 1.54) is 25.9 Å². The highest BCUT2D eigenvalue weighted by Gasteiger charge is 2.17. The van der Waals surface area contributed by atoms with Gasteiger partial charge in [-0.2, -0.15) is 0 Å². The molecule has 0 bridgehead atoms. The Labute approximate surface area is 158 Å². The van der Waals surface area contributed by atoms with Crippen LogP contribution in [0.1, 0.15) is 43.1 Å². The van der Waals surface area contributed by atoms with E-state index in [2.05, 4.69) is 32.1 Å². The molecule has 0 radical (unpaired) electrons. The summed E-state index contributed by atoms with van der Waals surface area (Å²) in [5.41, 5.74) is 16.7. The maximum Gasteiger partial charge on any atom is 0.280 e. The third-order valence-corrected chi connectivity index (χ3v) is 4.68. The van der Waals surface area contributed by atoms with Crippen molar-refractivity contribution in [2.24, 2.45) is 16.6 Å². The standard InChI is InChI=1S/C16H27ClN8O/c1-10-4-8-25(9-5-10)7-3-2-6-21-16(20)24-15(26)11-13(18)23-14(19)12(17)22-11/h10H,2-9H2,1H3,(H4,18,19,23)(H3,20,21,24,26). The monoisotopic (exact) mass is 382 g/mol. The molecule has 1 amide bonds. The van der Waals surface area contributed by atoms with Gasteiger partial charge in [0.05, 0.1) is 0 Å². The van der Waals surface area contributed by atoms with Gasteiger partial charge in [0, 0.05) is 6.54 Å². The molecule has 1 saturated heterocycles. The Kier molecular flexibility index (Phi) is 7.40. The zero-order chi connectivity index (χ0) is 19.1. The quantitative estimate of drug-likeness (QED) is 0.323. The van der Waals surface area contributed by atoms with Crippen LogP contribution in [0.5, 0.6) is 0 Å². The minimum Gasteiger partial charge on any atom is -0.382 e. The van der Waals surface area contributed by atoms with E-state index in [1.807, 2.05) is 0 Å². The number of carbonyl (C=O) groups is 1. The highest BCUT2D eigenvalue weighted by Crippen LogP contribution is 2.17. The van der Waals surface area contributed by atoms with Gasteiger partial charge in [0.1, 0.15) is 0 Å². The molecule has 0 atom stereocenters. The molecular weight excluding hydrogens is 356 g/mol. The first kappa shape index (κ1) is 20.2. The zero-order valence-electron chi connectivity index (χ0n) is 15.0. The van der Waals surface area contributed by atoms with Crippen LogP contribution in [0.25, 0.3) is 0 Å². The lowest BCUT2D eigenvalue weighted by atomic mass is 9.99. The van der Waals surface area contributed by atoms with E-state index < -0.39 is 5.91 Å². The van der Waals surface area contributed by atoms with Crippen LogP contribution in [0.2, 0.25) is 5.15 Å². The summed E-state index contributed by atoms with van der Waals surface area (Å²) in [6.45, 7) is 6.27. The molecule has 26 heavy (non-hydrogen) atoms. The van der Waals surface area contributed by atoms with Crippen molar-refractivity contribution in [1.29, 1.82) is 0 Å². The third-order valence-electron chi connectivity index (χ3n) is 4.40. The van der Waals surface area contributed by atoms with Crippen molar-refractivity contribution in [3.8, 4) is 0 Å². The van der Waals surface area contributed by atoms with Crippen LogP contribution >= 0.6 is 11.6 Å². The summed E-state index contributed by atoms with van der Waals surface area (Å²) in [5, 5.41) is 2.33. The number of piperidine rings is 1. The van der Waals surface area contributed by atoms with E-state index in [4.69, 9.17) is 28.8 Å². The first-order valence-electron chi connectivity index (χ1n) is 8.79. The minimum absolute atomic E-state index is 0.0101. The van der Waals surface area contributed by atoms with Gasteiger partial charge in [-0.1, -0.05) is 18.5 Å². The molecule has 9 nitrogen and oxygen atoms in total. The molecule has 0 aromatic carbocycles. The van der Waals surface area contributed by atoms with Gasteiger partial charge in [-0.15, -0.1) is 0 Å². The maximum absolute atomic E-state index is 12.1. The summed E-state index contributed by atoms with van der Waals surface area (Å²) >= 11 is 5.76. The van der Waals surface area contributed by atoms with Crippen molar-refractivity contribution in [3.63, 3.8) is 0 Å². The number of halogens is 1. The minimum atomic E-state index is -0.624. The smallest absolute Gasteiger partial charge is 0.280 e. The molecule has 0 saturated carbocycles. The van der Waals surface area contributed by atoms with Gasteiger partial charge >= 0.3 is 0 Å². The number of nitrogens with zero attached hydrogens (tertiary/aromatic N) is 4. The number of hydrogen-bond acceptors (Lipinski definition) is 7. The predicted molar refractivity (Wildman–Crippen MR) is 104 cm³/mol. The van der Waals surface area contributed by atoms with Gasteiger partial charge in [0.15, 0.2) is 28.4 Å². The highest BCUT2D eigenvalue weighted by atomic mass is 35.5. The van der Waals surface area contributed by atoms with E-state index in [-0.39, 0.29) is 28.4 Å². The van der Waals surface area contributed by atoms with E-state index in [0.29, 0.717) is 6.54 Å². The number of unbranched alkanes of at least 4 members (excludes halogenated alkanes) is 1. The lowest BCUT2D eigenvalue weighted by molar-refractivity contribution is 0.0972. The number of aliphatic imine (C=N–C) groups is 1. The van der Waals surface area contributed by atoms with Gasteiger partial charge in [0.2, 0.25) is 0 Å². The van der Waals surface area contributed by atoms with Crippen LogP contribution < -0.4 is 22.5 Å². The Morgan fingerprint density at radius 1 is 1.27 bits per heavy atom. The molecule has 144 valence electrons. The Morgan fingerprint density at radius 2 is 1.96 bits per heavy atom. The summed E-state index contributed by atoms with van der Waals surface area (Å²) < 4.78 is 0. The number of nitrogens with two attached hydrogens (primary N) is 3. The molecule has 1 aliphatic heterocycles. The lowest BCUT2D eigenvalue weighted by Gasteiger charge is -2.29. The van der Waals surface area contributed by atoms with Crippen LogP contribution in [0.15, 0.2) is 4.99 Å². The number of amides is 1. The lowest BCUT2D eigenvalue weighted by Crippen LogP contribution is -2.38. The number of likely N-dealkylation sites (tertiary alicyclic amines) is 1. The van der Waals surface area contributed by atoms with Crippen molar-refractivity contribution in [1.82, 2.24) is 20.2 Å². The molecule has 1 aromatic rings. The van der Waals surface area contributed by atoms with Crippen LogP contribution in [0, 0.1) is 5.92 Å². The van der Waals surface area contributed by atoms with Crippen molar-refractivity contribution in [2.75, 3.05) is 37.6 Å². The van der Waals surface area contributed by atoms with Gasteiger partial charge in [-0.3, -0.25) is 15.1 Å². The van der Waals surface area contributed by atoms with Crippen molar-refractivity contribution >= 4 is 35.1 Å². The van der Waals surface area contributed by atoms with Crippen LogP contribution in [0.3, 0.4) is 0 Å². The van der Waals surface area contributed by atoms with Crippen LogP contribution in [-0.2, 0) is 0 Å². The first-order valence-corrected chi connectivity index (χ1v) is 9.16. The van der Waals surface area contributed by atoms with E-state index in [0.717, 1.165) is 25.3 Å². The zero-order valence-corrected chi connectivity index (χ0v) is 15.8. The number of aromatic nitrogens is 2. The van der Waals surface area contributed by atoms with Gasteiger partial charge in [-0.05, 0) is 51.2 Å². The number of nitrogen functional groups attached to an aromatic ring is 2. The van der Waals surface area contributed by atoms with Crippen LogP contribution in [0.4, 0.5) is 11.6 Å². The Bertz CT molecular complexity index is 658. The van der Waals surface area contributed by atoms with Gasteiger partial charge < -0.3 is 22.1 Å². The summed E-state index contributed by atoms with van der Waals surface area (Å²) in [4.78, 5) is 26.3. The molecular formula is C16H27ClN8O. The molecule has 1 fully saturated rings. The second kappa shape index (κ2) is 9.54. The number of guanidine groups is 1. The molecule has 0 aliphatic carbocycles. The molecule has 1 aliphatic rings. The fraction of sp³-hybridized carbons (Fsp3) is 0.625. The largest absolute Gasteiger partial charge is 0.382 e.